The molecule has 1 saturated heterocycles. The molecule has 2 aromatic rings. The number of aromatic nitrogens is 2. The Balaban J connectivity index is 1.86. The van der Waals surface area contributed by atoms with Gasteiger partial charge in [0, 0.05) is 18.8 Å². The molecule has 0 aliphatic carbocycles. The number of furan rings is 1. The molecule has 6 heteroatoms. The van der Waals surface area contributed by atoms with E-state index in [1.54, 1.807) is 12.3 Å². The second-order valence-electron chi connectivity index (χ2n) is 5.40. The number of hydrogen-bond donors (Lipinski definition) is 0. The van der Waals surface area contributed by atoms with Crippen molar-refractivity contribution in [3.8, 4) is 6.07 Å². The Morgan fingerprint density at radius 3 is 3.05 bits per heavy atom. The zero-order valence-electron chi connectivity index (χ0n) is 12.5. The predicted octanol–water partition coefficient (Wildman–Crippen LogP) is 2.44. The van der Waals surface area contributed by atoms with Gasteiger partial charge in [-0.05, 0) is 38.0 Å². The normalized spacial score (nSPS) is 17.4. The monoisotopic (exact) mass is 298 g/mol. The van der Waals surface area contributed by atoms with Gasteiger partial charge in [-0.15, -0.1) is 0 Å². The first-order valence-electron chi connectivity index (χ1n) is 7.39. The predicted molar refractivity (Wildman–Crippen MR) is 80.2 cm³/mol. The van der Waals surface area contributed by atoms with Gasteiger partial charge in [0.15, 0.2) is 0 Å². The highest BCUT2D eigenvalue weighted by atomic mass is 16.5. The van der Waals surface area contributed by atoms with Crippen molar-refractivity contribution in [3.63, 3.8) is 0 Å². The molecule has 3 heterocycles. The first-order valence-corrected chi connectivity index (χ1v) is 7.39. The first kappa shape index (κ1) is 14.5. The lowest BCUT2D eigenvalue weighted by molar-refractivity contribution is 0.114. The van der Waals surface area contributed by atoms with Crippen LogP contribution in [0, 0.1) is 18.3 Å². The largest absolute Gasteiger partial charge is 0.467 e. The summed E-state index contributed by atoms with van der Waals surface area (Å²) in [6.07, 6.45) is 3.94. The highest BCUT2D eigenvalue weighted by molar-refractivity contribution is 5.36. The van der Waals surface area contributed by atoms with Crippen molar-refractivity contribution in [2.24, 2.45) is 0 Å². The topological polar surface area (TPSA) is 75.2 Å². The van der Waals surface area contributed by atoms with Gasteiger partial charge in [-0.2, -0.15) is 5.26 Å². The van der Waals surface area contributed by atoms with Crippen LogP contribution in [0.2, 0.25) is 0 Å². The van der Waals surface area contributed by atoms with Gasteiger partial charge >= 0.3 is 0 Å². The summed E-state index contributed by atoms with van der Waals surface area (Å²) in [5.74, 6) is 1.38. The molecular formula is C16H18N4O2. The van der Waals surface area contributed by atoms with Crippen molar-refractivity contribution in [1.29, 1.82) is 5.26 Å². The van der Waals surface area contributed by atoms with Crippen LogP contribution in [0.3, 0.4) is 0 Å². The lowest BCUT2D eigenvalue weighted by Crippen LogP contribution is -2.33. The van der Waals surface area contributed by atoms with E-state index in [1.165, 1.54) is 0 Å². The van der Waals surface area contributed by atoms with Crippen molar-refractivity contribution in [3.05, 3.63) is 41.6 Å². The summed E-state index contributed by atoms with van der Waals surface area (Å²) in [6.45, 7) is 3.91. The summed E-state index contributed by atoms with van der Waals surface area (Å²) in [6, 6.07) is 7.54. The molecule has 0 saturated carbocycles. The van der Waals surface area contributed by atoms with Crippen molar-refractivity contribution in [2.75, 3.05) is 18.1 Å². The molecule has 1 atom stereocenters. The van der Waals surface area contributed by atoms with Gasteiger partial charge in [0.2, 0.25) is 5.95 Å². The van der Waals surface area contributed by atoms with Crippen LogP contribution in [0.1, 0.15) is 30.0 Å². The average Bonchev–Trinajstić information content (AvgIpc) is 3.19. The fraction of sp³-hybridized carbons (Fsp3) is 0.438. The van der Waals surface area contributed by atoms with E-state index in [0.717, 1.165) is 30.9 Å². The van der Waals surface area contributed by atoms with Gasteiger partial charge in [-0.1, -0.05) is 0 Å². The number of ether oxygens (including phenoxy) is 1. The maximum atomic E-state index is 9.11. The minimum Gasteiger partial charge on any atom is -0.467 e. The number of hydrogen-bond acceptors (Lipinski definition) is 6. The van der Waals surface area contributed by atoms with E-state index in [4.69, 9.17) is 14.4 Å². The summed E-state index contributed by atoms with van der Waals surface area (Å²) in [5.41, 5.74) is 1.15. The Labute approximate surface area is 129 Å². The third-order valence-electron chi connectivity index (χ3n) is 3.61. The van der Waals surface area contributed by atoms with Crippen molar-refractivity contribution < 1.29 is 9.15 Å². The molecule has 0 bridgehead atoms. The van der Waals surface area contributed by atoms with E-state index in [0.29, 0.717) is 24.7 Å². The third-order valence-corrected chi connectivity index (χ3v) is 3.61. The lowest BCUT2D eigenvalue weighted by Gasteiger charge is -2.24. The van der Waals surface area contributed by atoms with Crippen LogP contribution < -0.4 is 4.90 Å². The minimum absolute atomic E-state index is 0.171. The molecular weight excluding hydrogens is 280 g/mol. The fourth-order valence-corrected chi connectivity index (χ4v) is 2.59. The molecule has 1 fully saturated rings. The van der Waals surface area contributed by atoms with E-state index in [2.05, 4.69) is 16.0 Å². The van der Waals surface area contributed by atoms with E-state index in [9.17, 15) is 0 Å². The Morgan fingerprint density at radius 2 is 2.36 bits per heavy atom. The van der Waals surface area contributed by atoms with Gasteiger partial charge in [0.05, 0.1) is 18.9 Å². The van der Waals surface area contributed by atoms with Crippen molar-refractivity contribution in [2.45, 2.75) is 32.4 Å². The third kappa shape index (κ3) is 3.43. The standard InChI is InChI=1S/C16H18N4O2/c1-12-8-13(9-17)19-16(18-12)20(10-14-4-2-6-21-14)11-15-5-3-7-22-15/h2,4,6,8,15H,3,5,7,10-11H2,1H3/t15-/m1/s1. The van der Waals surface area contributed by atoms with Gasteiger partial charge in [-0.3, -0.25) is 0 Å². The Bertz CT molecular complexity index is 657. The second kappa shape index (κ2) is 6.58. The van der Waals surface area contributed by atoms with E-state index in [-0.39, 0.29) is 6.10 Å². The molecule has 0 unspecified atom stereocenters. The first-order chi connectivity index (χ1) is 10.7. The van der Waals surface area contributed by atoms with Gasteiger partial charge in [0.25, 0.3) is 0 Å². The van der Waals surface area contributed by atoms with Crippen LogP contribution >= 0.6 is 0 Å². The Morgan fingerprint density at radius 1 is 1.45 bits per heavy atom. The summed E-state index contributed by atoms with van der Waals surface area (Å²) in [5, 5.41) is 9.11. The molecule has 3 rings (SSSR count). The number of nitriles is 1. The van der Waals surface area contributed by atoms with E-state index >= 15 is 0 Å². The molecule has 114 valence electrons. The van der Waals surface area contributed by atoms with Crippen molar-refractivity contribution in [1.82, 2.24) is 9.97 Å². The summed E-state index contributed by atoms with van der Waals surface area (Å²) in [7, 11) is 0. The maximum absolute atomic E-state index is 9.11. The van der Waals surface area contributed by atoms with Crippen LogP contribution in [0.25, 0.3) is 0 Å². The number of anilines is 1. The van der Waals surface area contributed by atoms with Crippen LogP contribution in [0.5, 0.6) is 0 Å². The molecule has 1 aliphatic heterocycles. The maximum Gasteiger partial charge on any atom is 0.227 e. The number of aryl methyl sites for hydroxylation is 1. The molecule has 6 nitrogen and oxygen atoms in total. The number of nitrogens with zero attached hydrogens (tertiary/aromatic N) is 4. The zero-order chi connectivity index (χ0) is 15.4. The minimum atomic E-state index is 0.171. The van der Waals surface area contributed by atoms with Crippen molar-refractivity contribution >= 4 is 5.95 Å². The molecule has 2 aromatic heterocycles. The summed E-state index contributed by atoms with van der Waals surface area (Å²) < 4.78 is 11.2. The molecule has 0 amide bonds. The van der Waals surface area contributed by atoms with Gasteiger partial charge in [-0.25, -0.2) is 9.97 Å². The molecule has 0 N–H and O–H groups in total. The molecule has 0 spiro atoms. The van der Waals surface area contributed by atoms with E-state index in [1.807, 2.05) is 24.0 Å². The number of rotatable bonds is 5. The highest BCUT2D eigenvalue weighted by Gasteiger charge is 2.22. The highest BCUT2D eigenvalue weighted by Crippen LogP contribution is 2.19. The fourth-order valence-electron chi connectivity index (χ4n) is 2.59. The Kier molecular flexibility index (Phi) is 4.35. The quantitative estimate of drug-likeness (QED) is 0.844. The molecule has 0 radical (unpaired) electrons. The van der Waals surface area contributed by atoms with Gasteiger partial charge in [0.1, 0.15) is 17.5 Å². The Hall–Kier alpha value is -2.39. The summed E-state index contributed by atoms with van der Waals surface area (Å²) in [4.78, 5) is 10.8. The van der Waals surface area contributed by atoms with Crippen LogP contribution in [-0.2, 0) is 11.3 Å². The molecule has 1 aliphatic rings. The zero-order valence-corrected chi connectivity index (χ0v) is 12.5. The van der Waals surface area contributed by atoms with Crippen LogP contribution in [-0.4, -0.2) is 29.2 Å². The van der Waals surface area contributed by atoms with Crippen LogP contribution in [0.15, 0.2) is 28.9 Å². The smallest absolute Gasteiger partial charge is 0.227 e. The molecule has 22 heavy (non-hydrogen) atoms. The average molecular weight is 298 g/mol. The van der Waals surface area contributed by atoms with E-state index < -0.39 is 0 Å². The van der Waals surface area contributed by atoms with Crippen LogP contribution in [0.4, 0.5) is 5.95 Å². The summed E-state index contributed by atoms with van der Waals surface area (Å²) >= 11 is 0. The lowest BCUT2D eigenvalue weighted by atomic mass is 10.2. The second-order valence-corrected chi connectivity index (χ2v) is 5.40. The van der Waals surface area contributed by atoms with Gasteiger partial charge < -0.3 is 14.1 Å². The SMILES string of the molecule is Cc1cc(C#N)nc(N(Cc2ccco2)C[C@H]2CCCO2)n1. The molecule has 0 aromatic carbocycles.